The maximum Gasteiger partial charge on any atom is 0.408 e. The van der Waals surface area contributed by atoms with Crippen LogP contribution in [0.4, 0.5) is 13.2 Å². The number of aryl methyl sites for hydroxylation is 1. The van der Waals surface area contributed by atoms with E-state index in [4.69, 9.17) is 16.3 Å². The summed E-state index contributed by atoms with van der Waals surface area (Å²) >= 11 is 8.74. The number of nitrogens with zero attached hydrogens (tertiary/aromatic N) is 4. The van der Waals surface area contributed by atoms with E-state index in [0.29, 0.717) is 14.8 Å². The summed E-state index contributed by atoms with van der Waals surface area (Å²) in [4.78, 5) is 7.51. The molecule has 0 aliphatic carbocycles. The van der Waals surface area contributed by atoms with Gasteiger partial charge in [-0.3, -0.25) is 0 Å². The zero-order valence-corrected chi connectivity index (χ0v) is 12.3. The van der Waals surface area contributed by atoms with Crippen LogP contribution in [-0.2, 0) is 6.54 Å². The van der Waals surface area contributed by atoms with Gasteiger partial charge >= 0.3 is 12.2 Å². The van der Waals surface area contributed by atoms with Crippen molar-refractivity contribution in [1.82, 2.24) is 19.7 Å². The molecular weight excluding hydrogens is 364 g/mol. The molecule has 2 aromatic heterocycles. The van der Waals surface area contributed by atoms with E-state index in [1.54, 1.807) is 6.92 Å². The average molecular weight is 372 g/mol. The largest absolute Gasteiger partial charge is 0.408 e. The van der Waals surface area contributed by atoms with Crippen LogP contribution in [0.5, 0.6) is 11.9 Å². The Morgan fingerprint density at radius 1 is 1.35 bits per heavy atom. The van der Waals surface area contributed by atoms with Crippen LogP contribution < -0.4 is 4.74 Å². The van der Waals surface area contributed by atoms with E-state index >= 15 is 0 Å². The Morgan fingerprint density at radius 3 is 2.50 bits per heavy atom. The number of hydrogen-bond donors (Lipinski definition) is 0. The Kier molecular flexibility index (Phi) is 4.19. The van der Waals surface area contributed by atoms with Crippen LogP contribution in [-0.4, -0.2) is 25.9 Å². The Balaban J connectivity index is 2.32. The second kappa shape index (κ2) is 5.57. The highest BCUT2D eigenvalue weighted by molar-refractivity contribution is 9.10. The maximum absolute atomic E-state index is 12.5. The molecule has 10 heteroatoms. The summed E-state index contributed by atoms with van der Waals surface area (Å²) < 4.78 is 43.7. The van der Waals surface area contributed by atoms with Crippen molar-refractivity contribution in [2.75, 3.05) is 0 Å². The van der Waals surface area contributed by atoms with Gasteiger partial charge < -0.3 is 4.74 Å². The van der Waals surface area contributed by atoms with Gasteiger partial charge in [-0.05, 0) is 22.9 Å². The Hall–Kier alpha value is -1.35. The zero-order chi connectivity index (χ0) is 14.9. The van der Waals surface area contributed by atoms with Gasteiger partial charge in [0, 0.05) is 0 Å². The van der Waals surface area contributed by atoms with Crippen LogP contribution >= 0.6 is 27.5 Å². The first-order valence-electron chi connectivity index (χ1n) is 5.21. The van der Waals surface area contributed by atoms with E-state index in [2.05, 4.69) is 31.0 Å². The van der Waals surface area contributed by atoms with Gasteiger partial charge in [0.1, 0.15) is 11.0 Å². The van der Waals surface area contributed by atoms with E-state index in [0.717, 1.165) is 0 Å². The molecule has 2 aromatic rings. The number of aromatic nitrogens is 4. The molecule has 0 atom stereocenters. The minimum Gasteiger partial charge on any atom is -0.404 e. The molecule has 2 heterocycles. The monoisotopic (exact) mass is 370 g/mol. The van der Waals surface area contributed by atoms with Crippen molar-refractivity contribution in [3.63, 3.8) is 0 Å². The molecule has 20 heavy (non-hydrogen) atoms. The quantitative estimate of drug-likeness (QED) is 0.824. The highest BCUT2D eigenvalue weighted by Crippen LogP contribution is 2.33. The number of ether oxygens (including phenoxy) is 1. The third kappa shape index (κ3) is 3.60. The van der Waals surface area contributed by atoms with Crippen LogP contribution in [0.3, 0.4) is 0 Å². The summed E-state index contributed by atoms with van der Waals surface area (Å²) in [6.07, 6.45) is -1.87. The highest BCUT2D eigenvalue weighted by Gasteiger charge is 2.31. The van der Waals surface area contributed by atoms with Crippen molar-refractivity contribution in [2.45, 2.75) is 19.6 Å². The SMILES string of the molecule is Cc1nn(CC(F)(F)F)c(Oc2ncc(Cl)cn2)c1Br. The molecule has 0 amide bonds. The summed E-state index contributed by atoms with van der Waals surface area (Å²) in [6.45, 7) is 0.273. The first-order valence-corrected chi connectivity index (χ1v) is 6.38. The molecule has 108 valence electrons. The van der Waals surface area contributed by atoms with Crippen LogP contribution in [0.2, 0.25) is 5.02 Å². The van der Waals surface area contributed by atoms with E-state index < -0.39 is 12.7 Å². The van der Waals surface area contributed by atoms with Crippen molar-refractivity contribution in [1.29, 1.82) is 0 Å². The Labute approximate surface area is 124 Å². The third-order valence-corrected chi connectivity index (χ3v) is 3.23. The molecule has 0 saturated carbocycles. The fraction of sp³-hybridized carbons (Fsp3) is 0.300. The maximum atomic E-state index is 12.5. The molecule has 0 fully saturated rings. The van der Waals surface area contributed by atoms with Crippen molar-refractivity contribution in [3.05, 3.63) is 27.6 Å². The molecule has 5 nitrogen and oxygen atoms in total. The predicted molar refractivity (Wildman–Crippen MR) is 67.8 cm³/mol. The van der Waals surface area contributed by atoms with Gasteiger partial charge in [0.2, 0.25) is 5.88 Å². The van der Waals surface area contributed by atoms with Gasteiger partial charge in [0.15, 0.2) is 0 Å². The van der Waals surface area contributed by atoms with Crippen LogP contribution in [0.25, 0.3) is 0 Å². The number of halogens is 5. The van der Waals surface area contributed by atoms with Crippen LogP contribution in [0, 0.1) is 6.92 Å². The summed E-state index contributed by atoms with van der Waals surface area (Å²) in [5.74, 6) is -0.123. The normalized spacial score (nSPS) is 11.7. The lowest BCUT2D eigenvalue weighted by molar-refractivity contribution is -0.143. The molecule has 0 spiro atoms. The number of alkyl halides is 3. The van der Waals surface area contributed by atoms with Crippen molar-refractivity contribution < 1.29 is 17.9 Å². The molecule has 0 aromatic carbocycles. The molecule has 2 rings (SSSR count). The third-order valence-electron chi connectivity index (χ3n) is 2.12. The number of rotatable bonds is 3. The smallest absolute Gasteiger partial charge is 0.404 e. The van der Waals surface area contributed by atoms with Crippen molar-refractivity contribution in [2.24, 2.45) is 0 Å². The fourth-order valence-electron chi connectivity index (χ4n) is 1.35. The lowest BCUT2D eigenvalue weighted by Crippen LogP contribution is -2.19. The molecular formula is C10H7BrClF3N4O. The minimum absolute atomic E-state index is 0.123. The van der Waals surface area contributed by atoms with Gasteiger partial charge in [0.25, 0.3) is 0 Å². The summed E-state index contributed by atoms with van der Waals surface area (Å²) in [7, 11) is 0. The zero-order valence-electron chi connectivity index (χ0n) is 9.95. The van der Waals surface area contributed by atoms with E-state index in [1.165, 1.54) is 12.4 Å². The molecule has 0 aliphatic heterocycles. The topological polar surface area (TPSA) is 52.8 Å². The first kappa shape index (κ1) is 15.0. The summed E-state index contributed by atoms with van der Waals surface area (Å²) in [6, 6.07) is -0.126. The highest BCUT2D eigenvalue weighted by atomic mass is 79.9. The fourth-order valence-corrected chi connectivity index (χ4v) is 1.82. The molecule has 0 aliphatic rings. The summed E-state index contributed by atoms with van der Waals surface area (Å²) in [5, 5.41) is 4.04. The van der Waals surface area contributed by atoms with Crippen molar-refractivity contribution in [3.8, 4) is 11.9 Å². The predicted octanol–water partition coefficient (Wildman–Crippen LogP) is 3.75. The molecule has 0 radical (unpaired) electrons. The minimum atomic E-state index is -4.42. The van der Waals surface area contributed by atoms with Crippen molar-refractivity contribution >= 4 is 27.5 Å². The van der Waals surface area contributed by atoms with Gasteiger partial charge in [-0.2, -0.15) is 18.3 Å². The lowest BCUT2D eigenvalue weighted by atomic mass is 10.5. The second-order valence-electron chi connectivity index (χ2n) is 3.76. The number of hydrogen-bond acceptors (Lipinski definition) is 4. The van der Waals surface area contributed by atoms with Gasteiger partial charge in [-0.15, -0.1) is 0 Å². The molecule has 0 saturated heterocycles. The van der Waals surface area contributed by atoms with Gasteiger partial charge in [-0.1, -0.05) is 11.6 Å². The molecule has 0 N–H and O–H groups in total. The van der Waals surface area contributed by atoms with E-state index in [1.807, 2.05) is 0 Å². The average Bonchev–Trinajstić information content (AvgIpc) is 2.57. The Morgan fingerprint density at radius 2 is 1.95 bits per heavy atom. The van der Waals surface area contributed by atoms with Crippen LogP contribution in [0.1, 0.15) is 5.69 Å². The second-order valence-corrected chi connectivity index (χ2v) is 4.99. The molecule has 0 unspecified atom stereocenters. The summed E-state index contributed by atoms with van der Waals surface area (Å²) in [5.41, 5.74) is 0.359. The lowest BCUT2D eigenvalue weighted by Gasteiger charge is -2.10. The van der Waals surface area contributed by atoms with Gasteiger partial charge in [0.05, 0.1) is 23.1 Å². The van der Waals surface area contributed by atoms with E-state index in [-0.39, 0.29) is 16.9 Å². The van der Waals surface area contributed by atoms with Gasteiger partial charge in [-0.25, -0.2) is 14.6 Å². The van der Waals surface area contributed by atoms with Crippen LogP contribution in [0.15, 0.2) is 16.9 Å². The van der Waals surface area contributed by atoms with E-state index in [9.17, 15) is 13.2 Å². The standard InChI is InChI=1S/C10H7BrClF3N4O/c1-5-7(11)8(19(18-5)4-10(13,14)15)20-9-16-2-6(12)3-17-9/h2-3H,4H2,1H3. The molecule has 0 bridgehead atoms. The first-order chi connectivity index (χ1) is 9.26. The Bertz CT molecular complexity index is 614.